The Balaban J connectivity index is 1.51. The summed E-state index contributed by atoms with van der Waals surface area (Å²) in [6.45, 7) is 3.22. The highest BCUT2D eigenvalue weighted by Crippen LogP contribution is 2.23. The molecule has 0 spiro atoms. The highest BCUT2D eigenvalue weighted by atomic mass is 19.4. The van der Waals surface area contributed by atoms with E-state index in [0.29, 0.717) is 12.2 Å². The SMILES string of the molecule is Cc1nc2ccccc2n1CCCN=C(N)Nc1ccc(OC(F)(F)F)cc1. The molecule has 0 saturated carbocycles. The molecule has 0 aliphatic rings. The Bertz CT molecular complexity index is 964. The minimum Gasteiger partial charge on any atom is -0.406 e. The summed E-state index contributed by atoms with van der Waals surface area (Å²) < 4.78 is 42.4. The lowest BCUT2D eigenvalue weighted by Gasteiger charge is -2.10. The predicted octanol–water partition coefficient (Wildman–Crippen LogP) is 4.06. The van der Waals surface area contributed by atoms with Crippen molar-refractivity contribution in [3.8, 4) is 5.75 Å². The fourth-order valence-electron chi connectivity index (χ4n) is 2.83. The van der Waals surface area contributed by atoms with Crippen LogP contribution in [0.15, 0.2) is 53.5 Å². The van der Waals surface area contributed by atoms with Crippen molar-refractivity contribution in [2.24, 2.45) is 10.7 Å². The Labute approximate surface area is 159 Å². The minimum atomic E-state index is -4.71. The van der Waals surface area contributed by atoms with Gasteiger partial charge in [-0.1, -0.05) is 12.1 Å². The van der Waals surface area contributed by atoms with E-state index in [1.165, 1.54) is 24.3 Å². The summed E-state index contributed by atoms with van der Waals surface area (Å²) in [6.07, 6.45) is -3.95. The van der Waals surface area contributed by atoms with E-state index in [2.05, 4.69) is 24.6 Å². The number of imidazole rings is 1. The third-order valence-electron chi connectivity index (χ3n) is 4.03. The lowest BCUT2D eigenvalue weighted by Crippen LogP contribution is -2.23. The molecule has 2 aromatic carbocycles. The van der Waals surface area contributed by atoms with Gasteiger partial charge in [0.25, 0.3) is 0 Å². The molecule has 6 nitrogen and oxygen atoms in total. The zero-order valence-electron chi connectivity index (χ0n) is 15.2. The Morgan fingerprint density at radius 2 is 1.89 bits per heavy atom. The molecule has 9 heteroatoms. The van der Waals surface area contributed by atoms with Crippen LogP contribution in [-0.4, -0.2) is 28.4 Å². The van der Waals surface area contributed by atoms with E-state index >= 15 is 0 Å². The molecule has 0 atom stereocenters. The average molecular weight is 391 g/mol. The number of hydrogen-bond donors (Lipinski definition) is 2. The zero-order chi connectivity index (χ0) is 20.1. The molecular weight excluding hydrogens is 371 g/mol. The third kappa shape index (κ3) is 5.15. The van der Waals surface area contributed by atoms with Crippen molar-refractivity contribution >= 4 is 22.7 Å². The molecule has 3 N–H and O–H groups in total. The Morgan fingerprint density at radius 1 is 1.18 bits per heavy atom. The van der Waals surface area contributed by atoms with Gasteiger partial charge in [0.05, 0.1) is 11.0 Å². The fraction of sp³-hybridized carbons (Fsp3) is 0.263. The highest BCUT2D eigenvalue weighted by molar-refractivity contribution is 5.92. The maximum atomic E-state index is 12.2. The number of aliphatic imine (C=N–C) groups is 1. The summed E-state index contributed by atoms with van der Waals surface area (Å²) in [5.41, 5.74) is 8.40. The minimum absolute atomic E-state index is 0.191. The van der Waals surface area contributed by atoms with E-state index in [-0.39, 0.29) is 11.7 Å². The maximum absolute atomic E-state index is 12.2. The molecule has 0 bridgehead atoms. The van der Waals surface area contributed by atoms with Crippen molar-refractivity contribution in [1.82, 2.24) is 9.55 Å². The smallest absolute Gasteiger partial charge is 0.406 e. The number of alkyl halides is 3. The molecular formula is C19H20F3N5O. The lowest BCUT2D eigenvalue weighted by atomic mass is 10.3. The van der Waals surface area contributed by atoms with E-state index in [9.17, 15) is 13.2 Å². The molecule has 28 heavy (non-hydrogen) atoms. The number of halogens is 3. The summed E-state index contributed by atoms with van der Waals surface area (Å²) in [6, 6.07) is 13.2. The molecule has 0 saturated heterocycles. The van der Waals surface area contributed by atoms with E-state index < -0.39 is 6.36 Å². The number of fused-ring (bicyclic) bond motifs is 1. The van der Waals surface area contributed by atoms with Crippen LogP contribution in [-0.2, 0) is 6.54 Å². The van der Waals surface area contributed by atoms with Crippen molar-refractivity contribution in [3.63, 3.8) is 0 Å². The number of aryl methyl sites for hydroxylation is 2. The van der Waals surface area contributed by atoms with Gasteiger partial charge in [-0.3, -0.25) is 4.99 Å². The van der Waals surface area contributed by atoms with E-state index in [4.69, 9.17) is 5.73 Å². The van der Waals surface area contributed by atoms with Crippen molar-refractivity contribution < 1.29 is 17.9 Å². The topological polar surface area (TPSA) is 77.5 Å². The number of aromatic nitrogens is 2. The van der Waals surface area contributed by atoms with Gasteiger partial charge in [0.1, 0.15) is 11.6 Å². The second kappa shape index (κ2) is 8.20. The number of ether oxygens (including phenoxy) is 1. The molecule has 0 fully saturated rings. The number of guanidine groups is 1. The van der Waals surface area contributed by atoms with Gasteiger partial charge >= 0.3 is 6.36 Å². The van der Waals surface area contributed by atoms with Crippen molar-refractivity contribution in [3.05, 3.63) is 54.4 Å². The molecule has 3 rings (SSSR count). The monoisotopic (exact) mass is 391 g/mol. The molecule has 148 valence electrons. The highest BCUT2D eigenvalue weighted by Gasteiger charge is 2.30. The quantitative estimate of drug-likeness (QED) is 0.377. The Hall–Kier alpha value is -3.23. The largest absolute Gasteiger partial charge is 0.573 e. The number of nitrogens with one attached hydrogen (secondary N) is 1. The summed E-state index contributed by atoms with van der Waals surface area (Å²) in [5, 5.41) is 2.84. The third-order valence-corrected chi connectivity index (χ3v) is 4.03. The second-order valence-electron chi connectivity index (χ2n) is 6.12. The first kappa shape index (κ1) is 19.5. The predicted molar refractivity (Wildman–Crippen MR) is 102 cm³/mol. The molecule has 0 unspecified atom stereocenters. The zero-order valence-corrected chi connectivity index (χ0v) is 15.2. The van der Waals surface area contributed by atoms with Crippen molar-refractivity contribution in [2.45, 2.75) is 26.3 Å². The number of nitrogens with zero attached hydrogens (tertiary/aromatic N) is 3. The van der Waals surface area contributed by atoms with Crippen LogP contribution in [0.5, 0.6) is 5.75 Å². The second-order valence-corrected chi connectivity index (χ2v) is 6.12. The van der Waals surface area contributed by atoms with Crippen LogP contribution in [0.4, 0.5) is 18.9 Å². The fourth-order valence-corrected chi connectivity index (χ4v) is 2.83. The number of para-hydroxylation sites is 2. The van der Waals surface area contributed by atoms with E-state index in [0.717, 1.165) is 29.8 Å². The van der Waals surface area contributed by atoms with Crippen LogP contribution in [0.3, 0.4) is 0 Å². The Kier molecular flexibility index (Phi) is 5.72. The van der Waals surface area contributed by atoms with Gasteiger partial charge in [-0.2, -0.15) is 0 Å². The first-order valence-electron chi connectivity index (χ1n) is 8.66. The first-order chi connectivity index (χ1) is 13.3. The molecule has 0 radical (unpaired) electrons. The number of nitrogens with two attached hydrogens (primary N) is 1. The van der Waals surface area contributed by atoms with Gasteiger partial charge in [0, 0.05) is 18.8 Å². The molecule has 0 amide bonds. The van der Waals surface area contributed by atoms with Crippen LogP contribution in [0.1, 0.15) is 12.2 Å². The molecule has 3 aromatic rings. The Morgan fingerprint density at radius 3 is 2.61 bits per heavy atom. The van der Waals surface area contributed by atoms with E-state index in [1.807, 2.05) is 31.2 Å². The van der Waals surface area contributed by atoms with Gasteiger partial charge in [-0.25, -0.2) is 4.98 Å². The lowest BCUT2D eigenvalue weighted by molar-refractivity contribution is -0.274. The molecule has 1 heterocycles. The standard InChI is InChI=1S/C19H20F3N5O/c1-13-25-16-5-2-3-6-17(16)27(13)12-4-11-24-18(23)26-14-7-9-15(10-8-14)28-19(20,21)22/h2-3,5-10H,4,11-12H2,1H3,(H3,23,24,26). The summed E-state index contributed by atoms with van der Waals surface area (Å²) >= 11 is 0. The summed E-state index contributed by atoms with van der Waals surface area (Å²) in [5.74, 6) is 0.839. The number of hydrogen-bond acceptors (Lipinski definition) is 3. The van der Waals surface area contributed by atoms with Gasteiger partial charge in [-0.05, 0) is 49.7 Å². The van der Waals surface area contributed by atoms with Gasteiger partial charge in [0.2, 0.25) is 0 Å². The van der Waals surface area contributed by atoms with Crippen molar-refractivity contribution in [2.75, 3.05) is 11.9 Å². The maximum Gasteiger partial charge on any atom is 0.573 e. The molecule has 0 aliphatic carbocycles. The molecule has 1 aromatic heterocycles. The summed E-state index contributed by atoms with van der Waals surface area (Å²) in [4.78, 5) is 8.77. The van der Waals surface area contributed by atoms with Crippen molar-refractivity contribution in [1.29, 1.82) is 0 Å². The van der Waals surface area contributed by atoms with E-state index in [1.54, 1.807) is 0 Å². The number of rotatable bonds is 6. The first-order valence-corrected chi connectivity index (χ1v) is 8.66. The average Bonchev–Trinajstić information content (AvgIpc) is 2.94. The number of anilines is 1. The molecule has 0 aliphatic heterocycles. The summed E-state index contributed by atoms with van der Waals surface area (Å²) in [7, 11) is 0. The van der Waals surface area contributed by atoms with Crippen LogP contribution < -0.4 is 15.8 Å². The van der Waals surface area contributed by atoms with Crippen LogP contribution in [0.2, 0.25) is 0 Å². The van der Waals surface area contributed by atoms with Crippen LogP contribution in [0.25, 0.3) is 11.0 Å². The number of benzene rings is 2. The van der Waals surface area contributed by atoms with Crippen LogP contribution in [0, 0.1) is 6.92 Å². The van der Waals surface area contributed by atoms with Crippen LogP contribution >= 0.6 is 0 Å². The van der Waals surface area contributed by atoms with Gasteiger partial charge < -0.3 is 20.4 Å². The van der Waals surface area contributed by atoms with Gasteiger partial charge in [0.15, 0.2) is 5.96 Å². The normalized spacial score (nSPS) is 12.4. The van der Waals surface area contributed by atoms with Gasteiger partial charge in [-0.15, -0.1) is 13.2 Å².